The summed E-state index contributed by atoms with van der Waals surface area (Å²) in [6.45, 7) is 1.58. The number of benzene rings is 1. The fraction of sp³-hybridized carbons (Fsp3) is 0.500. The second-order valence-corrected chi connectivity index (χ2v) is 4.67. The van der Waals surface area contributed by atoms with E-state index in [1.807, 2.05) is 6.07 Å². The lowest BCUT2D eigenvalue weighted by molar-refractivity contribution is 0.125. The van der Waals surface area contributed by atoms with Gasteiger partial charge in [0.15, 0.2) is 0 Å². The number of likely N-dealkylation sites (N-methyl/N-ethyl adjacent to an activating group) is 1. The normalized spacial score (nSPS) is 20.4. The van der Waals surface area contributed by atoms with Crippen molar-refractivity contribution in [3.8, 4) is 11.8 Å². The molecule has 4 heteroatoms. The molecule has 0 N–H and O–H groups in total. The maximum Gasteiger partial charge on any atom is 0.144 e. The van der Waals surface area contributed by atoms with Crippen LogP contribution in [0.15, 0.2) is 18.2 Å². The zero-order chi connectivity index (χ0) is 13.0. The molecule has 0 aliphatic carbocycles. The van der Waals surface area contributed by atoms with E-state index in [4.69, 9.17) is 10.00 Å². The van der Waals surface area contributed by atoms with Crippen molar-refractivity contribution >= 4 is 0 Å². The minimum Gasteiger partial charge on any atom is -0.490 e. The van der Waals surface area contributed by atoms with Gasteiger partial charge in [-0.15, -0.1) is 0 Å². The van der Waals surface area contributed by atoms with Crippen molar-refractivity contribution < 1.29 is 9.13 Å². The molecule has 1 heterocycles. The van der Waals surface area contributed by atoms with Crippen LogP contribution in [0.4, 0.5) is 4.39 Å². The molecule has 0 spiro atoms. The Bertz CT molecular complexity index is 456. The zero-order valence-electron chi connectivity index (χ0n) is 10.5. The number of piperidine rings is 1. The summed E-state index contributed by atoms with van der Waals surface area (Å²) in [5.41, 5.74) is -0.00374. The first kappa shape index (κ1) is 12.8. The molecule has 3 nitrogen and oxygen atoms in total. The van der Waals surface area contributed by atoms with E-state index in [-0.39, 0.29) is 5.56 Å². The second kappa shape index (κ2) is 5.83. The molecule has 1 saturated heterocycles. The van der Waals surface area contributed by atoms with Crippen LogP contribution in [-0.4, -0.2) is 31.1 Å². The predicted molar refractivity (Wildman–Crippen MR) is 66.9 cm³/mol. The van der Waals surface area contributed by atoms with Crippen LogP contribution in [0.5, 0.6) is 5.75 Å². The van der Waals surface area contributed by atoms with E-state index in [0.29, 0.717) is 18.4 Å². The Morgan fingerprint density at radius 3 is 3.06 bits per heavy atom. The predicted octanol–water partition coefficient (Wildman–Crippen LogP) is 2.56. The minimum atomic E-state index is -0.521. The van der Waals surface area contributed by atoms with Gasteiger partial charge < -0.3 is 9.64 Å². The number of nitriles is 1. The smallest absolute Gasteiger partial charge is 0.144 e. The van der Waals surface area contributed by atoms with E-state index in [9.17, 15) is 4.39 Å². The van der Waals surface area contributed by atoms with Gasteiger partial charge in [0.2, 0.25) is 0 Å². The van der Waals surface area contributed by atoms with Gasteiger partial charge in [0.25, 0.3) is 0 Å². The molecule has 1 atom stereocenters. The van der Waals surface area contributed by atoms with E-state index >= 15 is 0 Å². The summed E-state index contributed by atoms with van der Waals surface area (Å²) in [5, 5.41) is 8.91. The third-order valence-electron chi connectivity index (χ3n) is 3.44. The highest BCUT2D eigenvalue weighted by molar-refractivity contribution is 5.43. The van der Waals surface area contributed by atoms with Gasteiger partial charge in [-0.25, -0.2) is 4.39 Å². The molecule has 1 aromatic carbocycles. The number of likely N-dealkylation sites (tertiary alicyclic amines) is 1. The summed E-state index contributed by atoms with van der Waals surface area (Å²) >= 11 is 0. The Labute approximate surface area is 107 Å². The van der Waals surface area contributed by atoms with Gasteiger partial charge in [-0.05, 0) is 38.6 Å². The molecule has 1 aliphatic rings. The van der Waals surface area contributed by atoms with E-state index in [0.717, 1.165) is 13.0 Å². The van der Waals surface area contributed by atoms with Gasteiger partial charge in [0.1, 0.15) is 29.8 Å². The van der Waals surface area contributed by atoms with Crippen molar-refractivity contribution in [1.82, 2.24) is 4.90 Å². The highest BCUT2D eigenvalue weighted by Crippen LogP contribution is 2.22. The summed E-state index contributed by atoms with van der Waals surface area (Å²) < 4.78 is 19.0. The van der Waals surface area contributed by atoms with Crippen LogP contribution in [0.1, 0.15) is 24.8 Å². The lowest BCUT2D eigenvalue weighted by Crippen LogP contribution is -2.40. The molecule has 2 rings (SSSR count). The Kier molecular flexibility index (Phi) is 4.16. The monoisotopic (exact) mass is 248 g/mol. The van der Waals surface area contributed by atoms with E-state index in [1.54, 1.807) is 12.1 Å². The fourth-order valence-electron chi connectivity index (χ4n) is 2.27. The lowest BCUT2D eigenvalue weighted by atomic mass is 10.0. The van der Waals surface area contributed by atoms with Crippen molar-refractivity contribution in [1.29, 1.82) is 5.26 Å². The zero-order valence-corrected chi connectivity index (χ0v) is 10.5. The molecule has 18 heavy (non-hydrogen) atoms. The third-order valence-corrected chi connectivity index (χ3v) is 3.44. The minimum absolute atomic E-state index is 0.00374. The molecule has 1 unspecified atom stereocenters. The Morgan fingerprint density at radius 2 is 2.33 bits per heavy atom. The average molecular weight is 248 g/mol. The van der Waals surface area contributed by atoms with Gasteiger partial charge in [0, 0.05) is 6.04 Å². The Morgan fingerprint density at radius 1 is 1.50 bits per heavy atom. The van der Waals surface area contributed by atoms with Gasteiger partial charge in [-0.1, -0.05) is 12.5 Å². The Balaban J connectivity index is 2.02. The number of nitrogens with zero attached hydrogens (tertiary/aromatic N) is 2. The van der Waals surface area contributed by atoms with E-state index < -0.39 is 5.82 Å². The number of ether oxygens (including phenoxy) is 1. The first-order chi connectivity index (χ1) is 8.72. The lowest BCUT2D eigenvalue weighted by Gasteiger charge is -2.32. The molecular weight excluding hydrogens is 231 g/mol. The van der Waals surface area contributed by atoms with Crippen molar-refractivity contribution in [2.75, 3.05) is 20.2 Å². The molecule has 1 fully saturated rings. The van der Waals surface area contributed by atoms with Crippen molar-refractivity contribution in [3.05, 3.63) is 29.6 Å². The SMILES string of the molecule is CN1CCCCC1COc1cccc(F)c1C#N. The molecule has 1 aliphatic heterocycles. The summed E-state index contributed by atoms with van der Waals surface area (Å²) in [5.74, 6) is -0.177. The molecule has 1 aromatic rings. The van der Waals surface area contributed by atoms with Gasteiger partial charge >= 0.3 is 0 Å². The highest BCUT2D eigenvalue weighted by atomic mass is 19.1. The Hall–Kier alpha value is -1.60. The van der Waals surface area contributed by atoms with Crippen molar-refractivity contribution in [2.45, 2.75) is 25.3 Å². The largest absolute Gasteiger partial charge is 0.490 e. The quantitative estimate of drug-likeness (QED) is 0.824. The highest BCUT2D eigenvalue weighted by Gasteiger charge is 2.20. The molecule has 96 valence electrons. The fourth-order valence-corrected chi connectivity index (χ4v) is 2.27. The molecule has 0 aromatic heterocycles. The van der Waals surface area contributed by atoms with Crippen LogP contribution in [0.2, 0.25) is 0 Å². The van der Waals surface area contributed by atoms with Crippen molar-refractivity contribution in [2.24, 2.45) is 0 Å². The summed E-state index contributed by atoms with van der Waals surface area (Å²) in [6, 6.07) is 6.69. The summed E-state index contributed by atoms with van der Waals surface area (Å²) in [7, 11) is 2.07. The topological polar surface area (TPSA) is 36.3 Å². The maximum atomic E-state index is 13.4. The van der Waals surface area contributed by atoms with E-state index in [1.165, 1.54) is 18.9 Å². The molecule has 0 amide bonds. The van der Waals surface area contributed by atoms with Gasteiger partial charge in [-0.3, -0.25) is 0 Å². The summed E-state index contributed by atoms with van der Waals surface area (Å²) in [6.07, 6.45) is 3.51. The standard InChI is InChI=1S/C14H17FN2O/c1-17-8-3-2-5-11(17)10-18-14-7-4-6-13(15)12(14)9-16/h4,6-7,11H,2-3,5,8,10H2,1H3. The molecule has 0 radical (unpaired) electrons. The number of halogens is 1. The van der Waals surface area contributed by atoms with Crippen LogP contribution in [0, 0.1) is 17.1 Å². The van der Waals surface area contributed by atoms with Gasteiger partial charge in [-0.2, -0.15) is 5.26 Å². The number of hydrogen-bond donors (Lipinski definition) is 0. The van der Waals surface area contributed by atoms with Gasteiger partial charge in [0.05, 0.1) is 0 Å². The van der Waals surface area contributed by atoms with Crippen LogP contribution >= 0.6 is 0 Å². The van der Waals surface area contributed by atoms with Crippen LogP contribution in [-0.2, 0) is 0 Å². The number of rotatable bonds is 3. The first-order valence-corrected chi connectivity index (χ1v) is 6.24. The molecule has 0 bridgehead atoms. The summed E-state index contributed by atoms with van der Waals surface area (Å²) in [4.78, 5) is 2.26. The maximum absolute atomic E-state index is 13.4. The average Bonchev–Trinajstić information content (AvgIpc) is 2.38. The number of hydrogen-bond acceptors (Lipinski definition) is 3. The van der Waals surface area contributed by atoms with Crippen molar-refractivity contribution in [3.63, 3.8) is 0 Å². The van der Waals surface area contributed by atoms with Crippen LogP contribution in [0.25, 0.3) is 0 Å². The molecular formula is C14H17FN2O. The third kappa shape index (κ3) is 2.80. The van der Waals surface area contributed by atoms with E-state index in [2.05, 4.69) is 11.9 Å². The molecule has 0 saturated carbocycles. The second-order valence-electron chi connectivity index (χ2n) is 4.67. The van der Waals surface area contributed by atoms with Crippen LogP contribution < -0.4 is 4.74 Å². The van der Waals surface area contributed by atoms with Crippen LogP contribution in [0.3, 0.4) is 0 Å². The first-order valence-electron chi connectivity index (χ1n) is 6.24.